The van der Waals surface area contributed by atoms with E-state index >= 15 is 0 Å². The molecule has 3 rings (SSSR count). The van der Waals surface area contributed by atoms with Crippen LogP contribution in [-0.4, -0.2) is 27.1 Å². The number of benzene rings is 2. The largest absolute Gasteiger partial charge is 0.416 e. The zero-order valence-corrected chi connectivity index (χ0v) is 18.7. The Balaban J connectivity index is 1.70. The average Bonchev–Trinajstić information content (AvgIpc) is 2.75. The van der Waals surface area contributed by atoms with Gasteiger partial charge in [0.15, 0.2) is 0 Å². The highest BCUT2D eigenvalue weighted by Gasteiger charge is 2.31. The highest BCUT2D eigenvalue weighted by atomic mass is 32.2. The van der Waals surface area contributed by atoms with Crippen LogP contribution in [0.2, 0.25) is 0 Å². The van der Waals surface area contributed by atoms with Crippen molar-refractivity contribution in [3.05, 3.63) is 65.2 Å². The van der Waals surface area contributed by atoms with E-state index in [1.54, 1.807) is 24.3 Å². The maximum absolute atomic E-state index is 13.1. The molecule has 1 amide bonds. The Hall–Kier alpha value is -2.55. The first kappa shape index (κ1) is 24.1. The molecule has 0 spiro atoms. The zero-order chi connectivity index (χ0) is 23.4. The third kappa shape index (κ3) is 6.48. The number of anilines is 1. The van der Waals surface area contributed by atoms with Crippen LogP contribution in [0.1, 0.15) is 53.6 Å². The molecule has 0 aliphatic heterocycles. The van der Waals surface area contributed by atoms with Gasteiger partial charge >= 0.3 is 6.18 Å². The van der Waals surface area contributed by atoms with Gasteiger partial charge in [0.1, 0.15) is 0 Å². The van der Waals surface area contributed by atoms with E-state index in [0.29, 0.717) is 23.6 Å². The fourth-order valence-corrected chi connectivity index (χ4v) is 4.78. The fraction of sp³-hybridized carbons (Fsp3) is 0.435. The Labute approximate surface area is 186 Å². The molecule has 0 aromatic heterocycles. The molecule has 0 saturated heterocycles. The summed E-state index contributed by atoms with van der Waals surface area (Å²) in [6.07, 6.45) is 2.24. The van der Waals surface area contributed by atoms with Gasteiger partial charge in [0.05, 0.1) is 24.1 Å². The van der Waals surface area contributed by atoms with E-state index in [2.05, 4.69) is 5.32 Å². The molecule has 1 N–H and O–H groups in total. The van der Waals surface area contributed by atoms with E-state index in [4.69, 9.17) is 0 Å². The molecule has 174 valence electrons. The number of hydrogen-bond donors (Lipinski definition) is 1. The molecule has 5 nitrogen and oxygen atoms in total. The van der Waals surface area contributed by atoms with E-state index in [9.17, 15) is 26.4 Å². The third-order valence-electron chi connectivity index (χ3n) is 5.68. The number of carbonyl (C=O) groups excluding carboxylic acids is 1. The smallest absolute Gasteiger partial charge is 0.352 e. The standard InChI is InChI=1S/C23H27F3N2O3S/c1-32(30,31)28(21-9-5-8-20(14-21)23(24,25)26)16-18-10-12-19(13-11-18)22(29)27-15-17-6-3-2-4-7-17/h5,8-14,17H,2-4,6-7,15-16H2,1H3,(H,27,29). The number of nitrogens with zero attached hydrogens (tertiary/aromatic N) is 1. The zero-order valence-electron chi connectivity index (χ0n) is 17.9. The van der Waals surface area contributed by atoms with Crippen LogP contribution in [0.3, 0.4) is 0 Å². The lowest BCUT2D eigenvalue weighted by Crippen LogP contribution is -2.30. The van der Waals surface area contributed by atoms with E-state index < -0.39 is 21.8 Å². The van der Waals surface area contributed by atoms with Gasteiger partial charge in [-0.05, 0) is 54.7 Å². The lowest BCUT2D eigenvalue weighted by molar-refractivity contribution is -0.137. The topological polar surface area (TPSA) is 66.5 Å². The number of nitrogens with one attached hydrogen (secondary N) is 1. The molecular formula is C23H27F3N2O3S. The summed E-state index contributed by atoms with van der Waals surface area (Å²) in [7, 11) is -3.84. The quantitative estimate of drug-likeness (QED) is 0.623. The molecule has 32 heavy (non-hydrogen) atoms. The third-order valence-corrected chi connectivity index (χ3v) is 6.82. The van der Waals surface area contributed by atoms with Crippen LogP contribution >= 0.6 is 0 Å². The minimum atomic E-state index is -4.58. The highest BCUT2D eigenvalue weighted by molar-refractivity contribution is 7.92. The molecule has 9 heteroatoms. The molecule has 2 aromatic carbocycles. The van der Waals surface area contributed by atoms with Gasteiger partial charge in [0.2, 0.25) is 10.0 Å². The second-order valence-corrected chi connectivity index (χ2v) is 10.1. The van der Waals surface area contributed by atoms with E-state index in [1.165, 1.54) is 31.4 Å². The fourth-order valence-electron chi connectivity index (χ4n) is 3.90. The molecule has 1 aliphatic carbocycles. The number of rotatable bonds is 7. The van der Waals surface area contributed by atoms with Crippen molar-refractivity contribution < 1.29 is 26.4 Å². The summed E-state index contributed by atoms with van der Waals surface area (Å²) in [5.74, 6) is 0.308. The van der Waals surface area contributed by atoms with Crippen LogP contribution in [-0.2, 0) is 22.7 Å². The maximum Gasteiger partial charge on any atom is 0.416 e. The molecule has 2 aromatic rings. The van der Waals surface area contributed by atoms with Crippen molar-refractivity contribution in [3.63, 3.8) is 0 Å². The predicted octanol–water partition coefficient (Wildman–Crippen LogP) is 4.98. The summed E-state index contributed by atoms with van der Waals surface area (Å²) in [4.78, 5) is 12.4. The van der Waals surface area contributed by atoms with Gasteiger partial charge in [-0.1, -0.05) is 37.5 Å². The molecule has 0 heterocycles. The highest BCUT2D eigenvalue weighted by Crippen LogP contribution is 2.32. The van der Waals surface area contributed by atoms with Crippen LogP contribution < -0.4 is 9.62 Å². The molecule has 0 unspecified atom stereocenters. The lowest BCUT2D eigenvalue weighted by Gasteiger charge is -2.23. The minimum Gasteiger partial charge on any atom is -0.352 e. The first-order chi connectivity index (χ1) is 15.0. The number of sulfonamides is 1. The number of hydrogen-bond acceptors (Lipinski definition) is 3. The van der Waals surface area contributed by atoms with Gasteiger partial charge in [0, 0.05) is 12.1 Å². The van der Waals surface area contributed by atoms with Crippen LogP contribution in [0, 0.1) is 5.92 Å². The van der Waals surface area contributed by atoms with Crippen molar-refractivity contribution in [2.75, 3.05) is 17.1 Å². The molecular weight excluding hydrogens is 441 g/mol. The monoisotopic (exact) mass is 468 g/mol. The number of alkyl halides is 3. The first-order valence-corrected chi connectivity index (χ1v) is 12.4. The second-order valence-electron chi connectivity index (χ2n) is 8.23. The number of amides is 1. The van der Waals surface area contributed by atoms with E-state index in [0.717, 1.165) is 35.5 Å². The van der Waals surface area contributed by atoms with Crippen LogP contribution in [0.25, 0.3) is 0 Å². The van der Waals surface area contributed by atoms with Gasteiger partial charge < -0.3 is 5.32 Å². The number of halogens is 3. The summed E-state index contributed by atoms with van der Waals surface area (Å²) in [5.41, 5.74) is 0.0106. The summed E-state index contributed by atoms with van der Waals surface area (Å²) >= 11 is 0. The normalized spacial score (nSPS) is 15.4. The Bertz CT molecular complexity index is 1030. The summed E-state index contributed by atoms with van der Waals surface area (Å²) in [6.45, 7) is 0.488. The molecule has 0 radical (unpaired) electrons. The number of carbonyl (C=O) groups is 1. The van der Waals surface area contributed by atoms with Crippen LogP contribution in [0.4, 0.5) is 18.9 Å². The predicted molar refractivity (Wildman–Crippen MR) is 118 cm³/mol. The molecule has 1 saturated carbocycles. The van der Waals surface area contributed by atoms with Crippen molar-refractivity contribution >= 4 is 21.6 Å². The Morgan fingerprint density at radius 2 is 1.72 bits per heavy atom. The summed E-state index contributed by atoms with van der Waals surface area (Å²) in [6, 6.07) is 10.6. The van der Waals surface area contributed by atoms with Crippen LogP contribution in [0.15, 0.2) is 48.5 Å². The van der Waals surface area contributed by atoms with Gasteiger partial charge in [-0.2, -0.15) is 13.2 Å². The van der Waals surface area contributed by atoms with Crippen molar-refractivity contribution in [3.8, 4) is 0 Å². The molecule has 1 fully saturated rings. The summed E-state index contributed by atoms with van der Waals surface area (Å²) in [5, 5.41) is 2.95. The maximum atomic E-state index is 13.1. The van der Waals surface area contributed by atoms with Crippen molar-refractivity contribution in [1.29, 1.82) is 0 Å². The van der Waals surface area contributed by atoms with E-state index in [1.807, 2.05) is 0 Å². The Morgan fingerprint density at radius 1 is 1.06 bits per heavy atom. The average molecular weight is 469 g/mol. The van der Waals surface area contributed by atoms with Crippen LogP contribution in [0.5, 0.6) is 0 Å². The Morgan fingerprint density at radius 3 is 2.31 bits per heavy atom. The van der Waals surface area contributed by atoms with Crippen molar-refractivity contribution in [1.82, 2.24) is 5.32 Å². The van der Waals surface area contributed by atoms with Gasteiger partial charge in [-0.3, -0.25) is 9.10 Å². The van der Waals surface area contributed by atoms with Crippen molar-refractivity contribution in [2.45, 2.75) is 44.8 Å². The first-order valence-electron chi connectivity index (χ1n) is 10.6. The van der Waals surface area contributed by atoms with Gasteiger partial charge in [0.25, 0.3) is 5.91 Å². The SMILES string of the molecule is CS(=O)(=O)N(Cc1ccc(C(=O)NCC2CCCCC2)cc1)c1cccc(C(F)(F)F)c1. The molecule has 1 aliphatic rings. The van der Waals surface area contributed by atoms with Gasteiger partial charge in [-0.25, -0.2) is 8.42 Å². The summed E-state index contributed by atoms with van der Waals surface area (Å²) < 4.78 is 64.6. The Kier molecular flexibility index (Phi) is 7.48. The lowest BCUT2D eigenvalue weighted by atomic mass is 9.89. The molecule has 0 bridgehead atoms. The second kappa shape index (κ2) is 9.94. The molecule has 0 atom stereocenters. The minimum absolute atomic E-state index is 0.0726. The van der Waals surface area contributed by atoms with Crippen molar-refractivity contribution in [2.24, 2.45) is 5.92 Å². The van der Waals surface area contributed by atoms with E-state index in [-0.39, 0.29) is 18.1 Å². The van der Waals surface area contributed by atoms with Gasteiger partial charge in [-0.15, -0.1) is 0 Å².